The number of hydrogen-bond acceptors (Lipinski definition) is 7. The van der Waals surface area contributed by atoms with Crippen LogP contribution in [0.25, 0.3) is 0 Å². The maximum absolute atomic E-state index is 12.0. The van der Waals surface area contributed by atoms with E-state index >= 15 is 0 Å². The van der Waals surface area contributed by atoms with Crippen LogP contribution in [0.5, 0.6) is 0 Å². The summed E-state index contributed by atoms with van der Waals surface area (Å²) in [4.78, 5) is 12.0. The van der Waals surface area contributed by atoms with Gasteiger partial charge >= 0.3 is 0 Å². The predicted molar refractivity (Wildman–Crippen MR) is 77.2 cm³/mol. The van der Waals surface area contributed by atoms with E-state index in [0.29, 0.717) is 25.5 Å². The third kappa shape index (κ3) is 3.95. The highest BCUT2D eigenvalue weighted by molar-refractivity contribution is 7.89. The minimum Gasteiger partial charge on any atom is -0.355 e. The summed E-state index contributed by atoms with van der Waals surface area (Å²) in [5.41, 5.74) is 0. The van der Waals surface area contributed by atoms with Gasteiger partial charge in [-0.25, -0.2) is 28.1 Å². The Hall–Kier alpha value is -1.58. The van der Waals surface area contributed by atoms with Crippen molar-refractivity contribution in [2.45, 2.75) is 18.2 Å². The minimum absolute atomic E-state index is 0.0540. The predicted octanol–water partition coefficient (Wildman–Crippen LogP) is 0.886. The van der Waals surface area contributed by atoms with Gasteiger partial charge in [0, 0.05) is 31.1 Å². The standard InChI is InChI=1S/C11H15N5O2S2/c1-2-12-11-14-7-9(8-15-11)20(17,18)16-4-3-10-13-5-6-19-10/h5-8,16H,2-4H2,1H3,(H,12,14,15). The first-order valence-electron chi connectivity index (χ1n) is 6.06. The van der Waals surface area contributed by atoms with E-state index in [4.69, 9.17) is 0 Å². The first kappa shape index (κ1) is 14.8. The van der Waals surface area contributed by atoms with Gasteiger partial charge in [-0.05, 0) is 6.92 Å². The van der Waals surface area contributed by atoms with E-state index in [1.165, 1.54) is 23.7 Å². The van der Waals surface area contributed by atoms with E-state index in [0.717, 1.165) is 5.01 Å². The van der Waals surface area contributed by atoms with Gasteiger partial charge in [0.25, 0.3) is 0 Å². The molecular formula is C11H15N5O2S2. The maximum atomic E-state index is 12.0. The first-order valence-corrected chi connectivity index (χ1v) is 8.42. The number of nitrogens with zero attached hydrogens (tertiary/aromatic N) is 3. The fraction of sp³-hybridized carbons (Fsp3) is 0.364. The number of aromatic nitrogens is 3. The molecule has 0 saturated carbocycles. The molecule has 0 bridgehead atoms. The molecule has 0 aliphatic carbocycles. The van der Waals surface area contributed by atoms with E-state index in [1.807, 2.05) is 12.3 Å². The van der Waals surface area contributed by atoms with Crippen molar-refractivity contribution in [1.82, 2.24) is 19.7 Å². The van der Waals surface area contributed by atoms with Crippen LogP contribution < -0.4 is 10.0 Å². The molecular weight excluding hydrogens is 298 g/mol. The van der Waals surface area contributed by atoms with Crippen molar-refractivity contribution in [1.29, 1.82) is 0 Å². The summed E-state index contributed by atoms with van der Waals surface area (Å²) < 4.78 is 26.5. The van der Waals surface area contributed by atoms with E-state index < -0.39 is 10.0 Å². The minimum atomic E-state index is -3.57. The van der Waals surface area contributed by atoms with Gasteiger partial charge in [0.2, 0.25) is 16.0 Å². The fourth-order valence-electron chi connectivity index (χ4n) is 1.46. The van der Waals surface area contributed by atoms with Crippen LogP contribution in [0.4, 0.5) is 5.95 Å². The van der Waals surface area contributed by atoms with Crippen molar-refractivity contribution in [3.05, 3.63) is 29.0 Å². The summed E-state index contributed by atoms with van der Waals surface area (Å²) in [7, 11) is -3.57. The van der Waals surface area contributed by atoms with Gasteiger partial charge in [-0.1, -0.05) is 0 Å². The Morgan fingerprint density at radius 3 is 2.60 bits per heavy atom. The third-order valence-corrected chi connectivity index (χ3v) is 4.64. The van der Waals surface area contributed by atoms with Gasteiger partial charge in [0.15, 0.2) is 0 Å². The highest BCUT2D eigenvalue weighted by Crippen LogP contribution is 2.08. The molecule has 0 unspecified atom stereocenters. The normalized spacial score (nSPS) is 11.4. The number of anilines is 1. The van der Waals surface area contributed by atoms with Gasteiger partial charge in [0.05, 0.1) is 17.4 Å². The van der Waals surface area contributed by atoms with E-state index in [9.17, 15) is 8.42 Å². The lowest BCUT2D eigenvalue weighted by atomic mass is 10.5. The molecule has 7 nitrogen and oxygen atoms in total. The van der Waals surface area contributed by atoms with Crippen molar-refractivity contribution in [3.8, 4) is 0 Å². The highest BCUT2D eigenvalue weighted by Gasteiger charge is 2.14. The summed E-state index contributed by atoms with van der Waals surface area (Å²) in [6.45, 7) is 2.89. The van der Waals surface area contributed by atoms with Gasteiger partial charge < -0.3 is 5.32 Å². The SMILES string of the molecule is CCNc1ncc(S(=O)(=O)NCCc2nccs2)cn1. The van der Waals surface area contributed by atoms with Gasteiger partial charge in [0.1, 0.15) is 4.90 Å². The molecule has 108 valence electrons. The van der Waals surface area contributed by atoms with Crippen LogP contribution in [0.15, 0.2) is 28.9 Å². The molecule has 0 aliphatic heterocycles. The Morgan fingerprint density at radius 2 is 2.00 bits per heavy atom. The smallest absolute Gasteiger partial charge is 0.243 e. The summed E-state index contributed by atoms with van der Waals surface area (Å²) in [6, 6.07) is 0. The molecule has 0 aromatic carbocycles. The summed E-state index contributed by atoms with van der Waals surface area (Å²) in [6.07, 6.45) is 4.84. The van der Waals surface area contributed by atoms with Crippen LogP contribution in [-0.2, 0) is 16.4 Å². The van der Waals surface area contributed by atoms with Gasteiger partial charge in [-0.3, -0.25) is 0 Å². The molecule has 0 radical (unpaired) electrons. The molecule has 0 saturated heterocycles. The molecule has 2 N–H and O–H groups in total. The van der Waals surface area contributed by atoms with Crippen LogP contribution in [0, 0.1) is 0 Å². The van der Waals surface area contributed by atoms with Gasteiger partial charge in [-0.15, -0.1) is 11.3 Å². The molecule has 0 spiro atoms. The van der Waals surface area contributed by atoms with E-state index in [2.05, 4.69) is 25.0 Å². The van der Waals surface area contributed by atoms with Crippen LogP contribution in [0.3, 0.4) is 0 Å². The average Bonchev–Trinajstić information content (AvgIpc) is 2.93. The number of rotatable bonds is 7. The molecule has 2 aromatic heterocycles. The van der Waals surface area contributed by atoms with Crippen molar-refractivity contribution in [3.63, 3.8) is 0 Å². The number of nitrogens with one attached hydrogen (secondary N) is 2. The first-order chi connectivity index (χ1) is 9.62. The Morgan fingerprint density at radius 1 is 1.25 bits per heavy atom. The Bertz CT molecular complexity index is 625. The fourth-order valence-corrected chi connectivity index (χ4v) is 3.00. The average molecular weight is 313 g/mol. The second-order valence-electron chi connectivity index (χ2n) is 3.85. The summed E-state index contributed by atoms with van der Waals surface area (Å²) >= 11 is 1.50. The molecule has 0 fully saturated rings. The monoisotopic (exact) mass is 313 g/mol. The van der Waals surface area contributed by atoms with Crippen LogP contribution in [0.1, 0.15) is 11.9 Å². The van der Waals surface area contributed by atoms with Crippen molar-refractivity contribution < 1.29 is 8.42 Å². The molecule has 0 aliphatic rings. The van der Waals surface area contributed by atoms with Crippen molar-refractivity contribution in [2.75, 3.05) is 18.4 Å². The van der Waals surface area contributed by atoms with Crippen LogP contribution in [0.2, 0.25) is 0 Å². The lowest BCUT2D eigenvalue weighted by Gasteiger charge is -2.06. The highest BCUT2D eigenvalue weighted by atomic mass is 32.2. The van der Waals surface area contributed by atoms with Crippen LogP contribution in [-0.4, -0.2) is 36.5 Å². The number of sulfonamides is 1. The van der Waals surface area contributed by atoms with E-state index in [1.54, 1.807) is 6.20 Å². The third-order valence-electron chi connectivity index (χ3n) is 2.39. The van der Waals surface area contributed by atoms with Crippen molar-refractivity contribution in [2.24, 2.45) is 0 Å². The largest absolute Gasteiger partial charge is 0.355 e. The van der Waals surface area contributed by atoms with E-state index in [-0.39, 0.29) is 4.90 Å². The molecule has 2 heterocycles. The lowest BCUT2D eigenvalue weighted by Crippen LogP contribution is -2.26. The van der Waals surface area contributed by atoms with Gasteiger partial charge in [-0.2, -0.15) is 0 Å². The zero-order valence-corrected chi connectivity index (χ0v) is 12.5. The summed E-state index contributed by atoms with van der Waals surface area (Å²) in [5.74, 6) is 0.411. The zero-order valence-electron chi connectivity index (χ0n) is 10.9. The second-order valence-corrected chi connectivity index (χ2v) is 6.59. The Balaban J connectivity index is 1.95. The molecule has 20 heavy (non-hydrogen) atoms. The second kappa shape index (κ2) is 6.73. The summed E-state index contributed by atoms with van der Waals surface area (Å²) in [5, 5.41) is 5.66. The molecule has 0 atom stereocenters. The molecule has 9 heteroatoms. The topological polar surface area (TPSA) is 96.9 Å². The van der Waals surface area contributed by atoms with Crippen LogP contribution >= 0.6 is 11.3 Å². The Labute approximate surface area is 121 Å². The zero-order chi connectivity index (χ0) is 14.4. The maximum Gasteiger partial charge on any atom is 0.243 e. The Kier molecular flexibility index (Phi) is 4.99. The van der Waals surface area contributed by atoms with Crippen molar-refractivity contribution >= 4 is 27.3 Å². The molecule has 0 amide bonds. The molecule has 2 rings (SSSR count). The number of thiazole rings is 1. The number of hydrogen-bond donors (Lipinski definition) is 2. The quantitative estimate of drug-likeness (QED) is 0.788. The lowest BCUT2D eigenvalue weighted by molar-refractivity contribution is 0.580. The molecule has 2 aromatic rings.